The van der Waals surface area contributed by atoms with Gasteiger partial charge in [0.2, 0.25) is 10.0 Å². The number of ether oxygens (including phenoxy) is 2. The molecule has 0 fully saturated rings. The first-order valence-corrected chi connectivity index (χ1v) is 10.9. The standard InChI is InChI=1S/C21H27N3O6S/c1-14(2)13-30-21(26)23-17-8-6-7-16(12-17)22-20(25)15-9-10-18(29-5)19(11-15)31(27,28)24(3)4/h6-12,14H,13H2,1-5H3,(H,22,25)(H,23,26). The second-order valence-corrected chi connectivity index (χ2v) is 9.43. The first-order valence-electron chi connectivity index (χ1n) is 9.50. The SMILES string of the molecule is COc1ccc(C(=O)Nc2cccc(NC(=O)OCC(C)C)c2)cc1S(=O)(=O)N(C)C. The summed E-state index contributed by atoms with van der Waals surface area (Å²) in [6, 6.07) is 10.7. The van der Waals surface area contributed by atoms with Crippen molar-refractivity contribution >= 4 is 33.4 Å². The molecule has 168 valence electrons. The monoisotopic (exact) mass is 449 g/mol. The van der Waals surface area contributed by atoms with Crippen LogP contribution >= 0.6 is 0 Å². The third-order valence-corrected chi connectivity index (χ3v) is 5.94. The first kappa shape index (κ1) is 24.2. The number of rotatable bonds is 8. The Kier molecular flexibility index (Phi) is 8.01. The van der Waals surface area contributed by atoms with Crippen LogP contribution < -0.4 is 15.4 Å². The lowest BCUT2D eigenvalue weighted by molar-refractivity contribution is 0.102. The summed E-state index contributed by atoms with van der Waals surface area (Å²) in [6.45, 7) is 4.15. The van der Waals surface area contributed by atoms with Crippen LogP contribution in [-0.4, -0.2) is 52.5 Å². The highest BCUT2D eigenvalue weighted by molar-refractivity contribution is 7.89. The van der Waals surface area contributed by atoms with Crippen molar-refractivity contribution in [3.05, 3.63) is 48.0 Å². The number of nitrogens with zero attached hydrogens (tertiary/aromatic N) is 1. The van der Waals surface area contributed by atoms with Crippen LogP contribution in [0.3, 0.4) is 0 Å². The van der Waals surface area contributed by atoms with Gasteiger partial charge in [-0.2, -0.15) is 0 Å². The Morgan fingerprint density at radius 1 is 1.03 bits per heavy atom. The summed E-state index contributed by atoms with van der Waals surface area (Å²) >= 11 is 0. The van der Waals surface area contributed by atoms with Gasteiger partial charge in [-0.1, -0.05) is 19.9 Å². The minimum absolute atomic E-state index is 0.115. The van der Waals surface area contributed by atoms with E-state index in [1.54, 1.807) is 24.3 Å². The van der Waals surface area contributed by atoms with Crippen molar-refractivity contribution in [2.45, 2.75) is 18.7 Å². The molecule has 2 amide bonds. The van der Waals surface area contributed by atoms with E-state index in [0.717, 1.165) is 4.31 Å². The van der Waals surface area contributed by atoms with Gasteiger partial charge in [-0.05, 0) is 42.3 Å². The molecule has 0 aliphatic carbocycles. The Labute approximate surface area is 182 Å². The summed E-state index contributed by atoms with van der Waals surface area (Å²) in [5.74, 6) is -0.171. The molecule has 0 aliphatic heterocycles. The number of anilines is 2. The second-order valence-electron chi connectivity index (χ2n) is 7.31. The molecule has 31 heavy (non-hydrogen) atoms. The van der Waals surface area contributed by atoms with Crippen molar-refractivity contribution in [3.8, 4) is 5.75 Å². The van der Waals surface area contributed by atoms with E-state index >= 15 is 0 Å². The van der Waals surface area contributed by atoms with Crippen molar-refractivity contribution in [1.82, 2.24) is 4.31 Å². The third kappa shape index (κ3) is 6.43. The molecule has 0 spiro atoms. The van der Waals surface area contributed by atoms with E-state index in [0.29, 0.717) is 11.4 Å². The van der Waals surface area contributed by atoms with E-state index in [1.807, 2.05) is 13.8 Å². The molecule has 2 aromatic carbocycles. The lowest BCUT2D eigenvalue weighted by atomic mass is 10.2. The minimum Gasteiger partial charge on any atom is -0.495 e. The molecule has 0 atom stereocenters. The van der Waals surface area contributed by atoms with Crippen LogP contribution in [0.5, 0.6) is 5.75 Å². The topological polar surface area (TPSA) is 114 Å². The van der Waals surface area contributed by atoms with E-state index in [4.69, 9.17) is 9.47 Å². The zero-order chi connectivity index (χ0) is 23.2. The van der Waals surface area contributed by atoms with Crippen molar-refractivity contribution in [2.75, 3.05) is 38.4 Å². The van der Waals surface area contributed by atoms with Gasteiger partial charge in [-0.15, -0.1) is 0 Å². The van der Waals surface area contributed by atoms with Crippen LogP contribution in [0.4, 0.5) is 16.2 Å². The molecule has 0 aromatic heterocycles. The maximum atomic E-state index is 12.7. The quantitative estimate of drug-likeness (QED) is 0.638. The number of carbonyl (C=O) groups is 2. The van der Waals surface area contributed by atoms with E-state index in [9.17, 15) is 18.0 Å². The van der Waals surface area contributed by atoms with Crippen molar-refractivity contribution < 1.29 is 27.5 Å². The predicted molar refractivity (Wildman–Crippen MR) is 118 cm³/mol. The van der Waals surface area contributed by atoms with Crippen LogP contribution in [0.1, 0.15) is 24.2 Å². The summed E-state index contributed by atoms with van der Waals surface area (Å²) in [6.07, 6.45) is -0.592. The number of nitrogens with one attached hydrogen (secondary N) is 2. The zero-order valence-corrected chi connectivity index (χ0v) is 18.9. The lowest BCUT2D eigenvalue weighted by Crippen LogP contribution is -2.23. The molecular weight excluding hydrogens is 422 g/mol. The van der Waals surface area contributed by atoms with E-state index in [-0.39, 0.29) is 28.7 Å². The number of amides is 2. The second kappa shape index (κ2) is 10.3. The summed E-state index contributed by atoms with van der Waals surface area (Å²) in [5, 5.41) is 5.28. The number of hydrogen-bond acceptors (Lipinski definition) is 6. The van der Waals surface area contributed by atoms with Crippen LogP contribution in [0, 0.1) is 5.92 Å². The van der Waals surface area contributed by atoms with Gasteiger partial charge in [0.25, 0.3) is 5.91 Å². The molecule has 2 aromatic rings. The Bertz CT molecular complexity index is 1050. The third-order valence-electron chi connectivity index (χ3n) is 4.10. The van der Waals surface area contributed by atoms with Crippen molar-refractivity contribution in [2.24, 2.45) is 5.92 Å². The predicted octanol–water partition coefficient (Wildman–Crippen LogP) is 3.40. The molecule has 0 saturated carbocycles. The fraction of sp³-hybridized carbons (Fsp3) is 0.333. The highest BCUT2D eigenvalue weighted by atomic mass is 32.2. The zero-order valence-electron chi connectivity index (χ0n) is 18.1. The molecule has 0 heterocycles. The maximum Gasteiger partial charge on any atom is 0.411 e. The highest BCUT2D eigenvalue weighted by Gasteiger charge is 2.24. The summed E-state index contributed by atoms with van der Waals surface area (Å²) in [4.78, 5) is 24.4. The number of sulfonamides is 1. The van der Waals surface area contributed by atoms with Crippen molar-refractivity contribution in [3.63, 3.8) is 0 Å². The molecule has 0 radical (unpaired) electrons. The van der Waals surface area contributed by atoms with Gasteiger partial charge in [0.05, 0.1) is 13.7 Å². The summed E-state index contributed by atoms with van der Waals surface area (Å²) < 4.78 is 36.3. The molecule has 2 rings (SSSR count). The maximum absolute atomic E-state index is 12.7. The minimum atomic E-state index is -3.81. The fourth-order valence-corrected chi connectivity index (χ4v) is 3.57. The Morgan fingerprint density at radius 2 is 1.68 bits per heavy atom. The van der Waals surface area contributed by atoms with Crippen molar-refractivity contribution in [1.29, 1.82) is 0 Å². The normalized spacial score (nSPS) is 11.3. The largest absolute Gasteiger partial charge is 0.495 e. The lowest BCUT2D eigenvalue weighted by Gasteiger charge is -2.15. The molecule has 9 nitrogen and oxygen atoms in total. The number of carbonyl (C=O) groups excluding carboxylic acids is 2. The Hall–Kier alpha value is -3.11. The van der Waals surface area contributed by atoms with E-state index in [1.165, 1.54) is 39.4 Å². The van der Waals surface area contributed by atoms with Gasteiger partial charge in [0.1, 0.15) is 10.6 Å². The number of methoxy groups -OCH3 is 1. The molecule has 0 unspecified atom stereocenters. The van der Waals surface area contributed by atoms with Gasteiger partial charge in [-0.25, -0.2) is 17.5 Å². The van der Waals surface area contributed by atoms with Crippen LogP contribution in [0.15, 0.2) is 47.4 Å². The van der Waals surface area contributed by atoms with Gasteiger partial charge in [0.15, 0.2) is 0 Å². The summed E-state index contributed by atoms with van der Waals surface area (Å²) in [5.41, 5.74) is 0.993. The van der Waals surface area contributed by atoms with Gasteiger partial charge < -0.3 is 14.8 Å². The smallest absolute Gasteiger partial charge is 0.411 e. The summed E-state index contributed by atoms with van der Waals surface area (Å²) in [7, 11) is 0.332. The Morgan fingerprint density at radius 3 is 2.26 bits per heavy atom. The molecule has 0 saturated heterocycles. The Balaban J connectivity index is 2.20. The number of hydrogen-bond donors (Lipinski definition) is 2. The van der Waals surface area contributed by atoms with E-state index in [2.05, 4.69) is 10.6 Å². The van der Waals surface area contributed by atoms with Crippen LogP contribution in [0.25, 0.3) is 0 Å². The fourth-order valence-electron chi connectivity index (χ4n) is 2.49. The van der Waals surface area contributed by atoms with Crippen LogP contribution in [0.2, 0.25) is 0 Å². The highest BCUT2D eigenvalue weighted by Crippen LogP contribution is 2.27. The molecule has 0 aliphatic rings. The molecule has 0 bridgehead atoms. The number of benzene rings is 2. The average Bonchev–Trinajstić information content (AvgIpc) is 2.71. The first-order chi connectivity index (χ1) is 14.5. The molecular formula is C21H27N3O6S. The molecule has 2 N–H and O–H groups in total. The van der Waals surface area contributed by atoms with Gasteiger partial charge in [-0.3, -0.25) is 10.1 Å². The average molecular weight is 450 g/mol. The molecule has 10 heteroatoms. The van der Waals surface area contributed by atoms with Crippen LogP contribution in [-0.2, 0) is 14.8 Å². The van der Waals surface area contributed by atoms with Gasteiger partial charge >= 0.3 is 6.09 Å². The van der Waals surface area contributed by atoms with E-state index < -0.39 is 22.0 Å². The van der Waals surface area contributed by atoms with Gasteiger partial charge in [0, 0.05) is 31.0 Å².